The molecule has 1 atom stereocenters. The zero-order valence-electron chi connectivity index (χ0n) is 14.8. The van der Waals surface area contributed by atoms with Gasteiger partial charge in [0.2, 0.25) is 0 Å². The van der Waals surface area contributed by atoms with Crippen molar-refractivity contribution in [1.29, 1.82) is 0 Å². The molecule has 0 spiro atoms. The average Bonchev–Trinajstić information content (AvgIpc) is 2.53. The van der Waals surface area contributed by atoms with Gasteiger partial charge in [-0.1, -0.05) is 39.0 Å². The van der Waals surface area contributed by atoms with Gasteiger partial charge in [0.05, 0.1) is 18.3 Å². The van der Waals surface area contributed by atoms with Gasteiger partial charge in [0.15, 0.2) is 0 Å². The number of benzene rings is 1. The number of hydrogen-bond acceptors (Lipinski definition) is 3. The molecule has 2 rings (SSSR count). The summed E-state index contributed by atoms with van der Waals surface area (Å²) in [4.78, 5) is 17.0. The second-order valence-electron chi connectivity index (χ2n) is 7.31. The Bertz CT molecular complexity index is 691. The van der Waals surface area contributed by atoms with Crippen LogP contribution >= 0.6 is 0 Å². The smallest absolute Gasteiger partial charge is 0.251 e. The lowest BCUT2D eigenvalue weighted by Gasteiger charge is -2.25. The number of aliphatic hydroxyl groups is 1. The summed E-state index contributed by atoms with van der Waals surface area (Å²) in [6.07, 6.45) is 2.46. The Morgan fingerprint density at radius 2 is 1.96 bits per heavy atom. The molecule has 128 valence electrons. The second-order valence-corrected chi connectivity index (χ2v) is 7.31. The fraction of sp³-hybridized carbons (Fsp3) is 0.400. The molecule has 4 nitrogen and oxygen atoms in total. The highest BCUT2D eigenvalue weighted by Crippen LogP contribution is 2.25. The van der Waals surface area contributed by atoms with E-state index < -0.39 is 0 Å². The molecule has 1 unspecified atom stereocenters. The molecule has 0 fully saturated rings. The third-order valence-corrected chi connectivity index (χ3v) is 3.93. The van der Waals surface area contributed by atoms with Crippen LogP contribution < -0.4 is 5.32 Å². The zero-order valence-corrected chi connectivity index (χ0v) is 14.8. The fourth-order valence-corrected chi connectivity index (χ4v) is 2.84. The number of nitrogens with zero attached hydrogens (tertiary/aromatic N) is 1. The number of carbonyl (C=O) groups is 1. The predicted molar refractivity (Wildman–Crippen MR) is 96.8 cm³/mol. The highest BCUT2D eigenvalue weighted by Gasteiger charge is 2.21. The summed E-state index contributed by atoms with van der Waals surface area (Å²) in [5.74, 6) is -0.159. The third-order valence-electron chi connectivity index (χ3n) is 3.93. The van der Waals surface area contributed by atoms with Crippen LogP contribution in [0, 0.1) is 12.3 Å². The lowest BCUT2D eigenvalue weighted by atomic mass is 9.88. The second kappa shape index (κ2) is 7.58. The van der Waals surface area contributed by atoms with Gasteiger partial charge in [0.25, 0.3) is 5.91 Å². The minimum Gasteiger partial charge on any atom is -0.394 e. The Morgan fingerprint density at radius 3 is 2.54 bits per heavy atom. The first-order chi connectivity index (χ1) is 11.3. The Balaban J connectivity index is 2.24. The molecule has 1 aromatic heterocycles. The van der Waals surface area contributed by atoms with Crippen molar-refractivity contribution in [2.45, 2.75) is 40.2 Å². The summed E-state index contributed by atoms with van der Waals surface area (Å²) in [5.41, 5.74) is 3.33. The van der Waals surface area contributed by atoms with Gasteiger partial charge in [0.1, 0.15) is 0 Å². The Labute approximate surface area is 143 Å². The molecule has 0 saturated heterocycles. The van der Waals surface area contributed by atoms with Gasteiger partial charge in [-0.2, -0.15) is 0 Å². The van der Waals surface area contributed by atoms with E-state index in [1.807, 2.05) is 43.3 Å². The minimum absolute atomic E-state index is 0.0333. The monoisotopic (exact) mass is 326 g/mol. The normalized spacial score (nSPS) is 12.7. The number of pyridine rings is 1. The first-order valence-electron chi connectivity index (χ1n) is 8.24. The minimum atomic E-state index is -0.254. The van der Waals surface area contributed by atoms with Crippen molar-refractivity contribution in [3.05, 3.63) is 53.7 Å². The molecule has 1 aromatic carbocycles. The number of rotatable bonds is 5. The van der Waals surface area contributed by atoms with Gasteiger partial charge >= 0.3 is 0 Å². The predicted octanol–water partition coefficient (Wildman–Crippen LogP) is 3.58. The summed E-state index contributed by atoms with van der Waals surface area (Å²) in [5, 5.41) is 12.5. The van der Waals surface area contributed by atoms with Crippen molar-refractivity contribution in [2.24, 2.45) is 5.41 Å². The molecule has 0 aliphatic rings. The van der Waals surface area contributed by atoms with Crippen LogP contribution in [0.25, 0.3) is 11.3 Å². The van der Waals surface area contributed by atoms with Crippen LogP contribution in [0.1, 0.15) is 43.1 Å². The van der Waals surface area contributed by atoms with E-state index in [1.54, 1.807) is 6.20 Å². The van der Waals surface area contributed by atoms with Crippen molar-refractivity contribution in [2.75, 3.05) is 6.61 Å². The van der Waals surface area contributed by atoms with Gasteiger partial charge in [-0.25, -0.2) is 0 Å². The molecule has 0 saturated carbocycles. The van der Waals surface area contributed by atoms with Gasteiger partial charge in [-0.05, 0) is 42.5 Å². The molecular weight excluding hydrogens is 300 g/mol. The van der Waals surface area contributed by atoms with E-state index in [1.165, 1.54) is 0 Å². The molecule has 2 N–H and O–H groups in total. The maximum absolute atomic E-state index is 12.7. The van der Waals surface area contributed by atoms with E-state index in [0.717, 1.165) is 16.8 Å². The van der Waals surface area contributed by atoms with E-state index in [9.17, 15) is 9.90 Å². The highest BCUT2D eigenvalue weighted by atomic mass is 16.3. The van der Waals surface area contributed by atoms with E-state index in [2.05, 4.69) is 31.1 Å². The summed E-state index contributed by atoms with van der Waals surface area (Å²) >= 11 is 0. The van der Waals surface area contributed by atoms with E-state index in [0.29, 0.717) is 12.0 Å². The Hall–Kier alpha value is -2.20. The maximum Gasteiger partial charge on any atom is 0.251 e. The molecule has 0 radical (unpaired) electrons. The van der Waals surface area contributed by atoms with E-state index >= 15 is 0 Å². The highest BCUT2D eigenvalue weighted by molar-refractivity contribution is 5.97. The van der Waals surface area contributed by atoms with Gasteiger partial charge in [-0.3, -0.25) is 9.78 Å². The third kappa shape index (κ3) is 4.65. The lowest BCUT2D eigenvalue weighted by Crippen LogP contribution is -2.40. The van der Waals surface area contributed by atoms with Gasteiger partial charge < -0.3 is 10.4 Å². The van der Waals surface area contributed by atoms with Crippen LogP contribution in [0.15, 0.2) is 42.6 Å². The fourth-order valence-electron chi connectivity index (χ4n) is 2.84. The van der Waals surface area contributed by atoms with Gasteiger partial charge in [-0.15, -0.1) is 0 Å². The van der Waals surface area contributed by atoms with Crippen LogP contribution in [0.2, 0.25) is 0 Å². The molecular formula is C20H26N2O2. The SMILES string of the molecule is Cc1c(C(=O)NC(CO)CC(C)(C)C)cccc1-c1ccccn1. The standard InChI is InChI=1S/C20H26N2O2/c1-14-16(18-10-5-6-11-21-18)8-7-9-17(14)19(24)22-15(13-23)12-20(2,3)4/h5-11,15,23H,12-13H2,1-4H3,(H,22,24). The summed E-state index contributed by atoms with van der Waals surface area (Å²) in [6, 6.07) is 11.1. The number of amides is 1. The van der Waals surface area contributed by atoms with Crippen molar-refractivity contribution < 1.29 is 9.90 Å². The number of nitrogens with one attached hydrogen (secondary N) is 1. The van der Waals surface area contributed by atoms with E-state index in [-0.39, 0.29) is 24.0 Å². The van der Waals surface area contributed by atoms with Crippen LogP contribution in [0.3, 0.4) is 0 Å². The average molecular weight is 326 g/mol. The lowest BCUT2D eigenvalue weighted by molar-refractivity contribution is 0.0897. The van der Waals surface area contributed by atoms with Crippen molar-refractivity contribution in [3.63, 3.8) is 0 Å². The van der Waals surface area contributed by atoms with Gasteiger partial charge in [0, 0.05) is 17.3 Å². The molecule has 0 bridgehead atoms. The zero-order chi connectivity index (χ0) is 17.7. The first-order valence-corrected chi connectivity index (χ1v) is 8.24. The van der Waals surface area contributed by atoms with E-state index in [4.69, 9.17) is 0 Å². The quantitative estimate of drug-likeness (QED) is 0.883. The van der Waals surface area contributed by atoms with Crippen LogP contribution in [-0.4, -0.2) is 28.6 Å². The Morgan fingerprint density at radius 1 is 1.21 bits per heavy atom. The molecule has 2 aromatic rings. The van der Waals surface area contributed by atoms with Crippen LogP contribution in [-0.2, 0) is 0 Å². The van der Waals surface area contributed by atoms with Crippen molar-refractivity contribution in [1.82, 2.24) is 10.3 Å². The number of aliphatic hydroxyl groups excluding tert-OH is 1. The number of carbonyl (C=O) groups excluding carboxylic acids is 1. The molecule has 1 amide bonds. The van der Waals surface area contributed by atoms with Crippen molar-refractivity contribution in [3.8, 4) is 11.3 Å². The molecule has 4 heteroatoms. The number of hydrogen-bond donors (Lipinski definition) is 2. The van der Waals surface area contributed by atoms with Crippen LogP contribution in [0.5, 0.6) is 0 Å². The maximum atomic E-state index is 12.7. The van der Waals surface area contributed by atoms with Crippen LogP contribution in [0.4, 0.5) is 0 Å². The van der Waals surface area contributed by atoms with Crippen molar-refractivity contribution >= 4 is 5.91 Å². The Kier molecular flexibility index (Phi) is 5.73. The molecule has 0 aliphatic carbocycles. The summed E-state index contributed by atoms with van der Waals surface area (Å²) in [6.45, 7) is 8.14. The largest absolute Gasteiger partial charge is 0.394 e. The summed E-state index contributed by atoms with van der Waals surface area (Å²) < 4.78 is 0. The molecule has 1 heterocycles. The molecule has 0 aliphatic heterocycles. The first kappa shape index (κ1) is 18.1. The topological polar surface area (TPSA) is 62.2 Å². The number of aromatic nitrogens is 1. The molecule has 24 heavy (non-hydrogen) atoms. The summed E-state index contributed by atoms with van der Waals surface area (Å²) in [7, 11) is 0.